The molecule has 0 aliphatic rings. The average molecular weight is 469 g/mol. The van der Waals surface area contributed by atoms with E-state index in [1.165, 1.54) is 24.3 Å². The van der Waals surface area contributed by atoms with Crippen molar-refractivity contribution in [3.8, 4) is 22.6 Å². The molecule has 1 atom stereocenters. The van der Waals surface area contributed by atoms with Crippen LogP contribution < -0.4 is 9.47 Å². The van der Waals surface area contributed by atoms with E-state index in [1.54, 1.807) is 31.4 Å². The van der Waals surface area contributed by atoms with Gasteiger partial charge in [-0.3, -0.25) is 0 Å². The molecule has 0 aliphatic heterocycles. The topological polar surface area (TPSA) is 44.8 Å². The van der Waals surface area contributed by atoms with E-state index in [0.29, 0.717) is 17.9 Å². The van der Waals surface area contributed by atoms with Crippen LogP contribution in [-0.4, -0.2) is 25.8 Å². The van der Waals surface area contributed by atoms with E-state index in [1.807, 2.05) is 19.1 Å². The van der Waals surface area contributed by atoms with Gasteiger partial charge in [0.1, 0.15) is 17.6 Å². The number of hydrogen-bond acceptors (Lipinski definition) is 4. The molecule has 0 aliphatic carbocycles. The normalized spacial score (nSPS) is 11.8. The number of unbranched alkanes of at least 4 members (excludes halogenated alkanes) is 2. The van der Waals surface area contributed by atoms with Gasteiger partial charge in [-0.1, -0.05) is 50.1 Å². The zero-order valence-corrected chi connectivity index (χ0v) is 19.8. The molecule has 0 aromatic heterocycles. The summed E-state index contributed by atoms with van der Waals surface area (Å²) in [5.41, 5.74) is 1.34. The van der Waals surface area contributed by atoms with Crippen molar-refractivity contribution in [2.24, 2.45) is 0 Å². The molecule has 0 radical (unpaired) electrons. The summed E-state index contributed by atoms with van der Waals surface area (Å²) in [7, 11) is 1.59. The molecular weight excluding hydrogens is 438 g/mol. The number of benzene rings is 3. The van der Waals surface area contributed by atoms with Gasteiger partial charge >= 0.3 is 5.97 Å². The van der Waals surface area contributed by atoms with Crippen LogP contribution in [0.4, 0.5) is 8.78 Å². The van der Waals surface area contributed by atoms with Crippen molar-refractivity contribution in [2.75, 3.05) is 13.7 Å². The average Bonchev–Trinajstić information content (AvgIpc) is 2.83. The second-order valence-corrected chi connectivity index (χ2v) is 8.19. The fraction of sp³-hybridized carbons (Fsp3) is 0.321. The Bertz CT molecular complexity index is 1080. The Balaban J connectivity index is 1.69. The summed E-state index contributed by atoms with van der Waals surface area (Å²) in [6.45, 7) is 4.44. The van der Waals surface area contributed by atoms with Crippen LogP contribution in [-0.2, 0) is 11.2 Å². The SMILES string of the molecule is CCCCCc1ccc(-c2ccc(C(=O)Oc3ccc(O[C@@H](C)COC)cc3)c(F)c2F)cc1. The van der Waals surface area contributed by atoms with Gasteiger partial charge in [-0.25, -0.2) is 13.6 Å². The summed E-state index contributed by atoms with van der Waals surface area (Å²) in [6.07, 6.45) is 4.20. The lowest BCUT2D eigenvalue weighted by atomic mass is 9.99. The van der Waals surface area contributed by atoms with Gasteiger partial charge in [0.25, 0.3) is 0 Å². The molecule has 3 aromatic carbocycles. The molecule has 4 nitrogen and oxygen atoms in total. The minimum absolute atomic E-state index is 0.0980. The Morgan fingerprint density at radius 1 is 0.882 bits per heavy atom. The predicted octanol–water partition coefficient (Wildman–Crippen LogP) is 7.00. The molecule has 0 spiro atoms. The molecule has 34 heavy (non-hydrogen) atoms. The smallest absolute Gasteiger partial charge is 0.346 e. The van der Waals surface area contributed by atoms with Crippen LogP contribution >= 0.6 is 0 Å². The summed E-state index contributed by atoms with van der Waals surface area (Å²) in [5.74, 6) is -2.52. The first-order chi connectivity index (χ1) is 16.4. The second kappa shape index (κ2) is 12.3. The van der Waals surface area contributed by atoms with Gasteiger partial charge in [0.15, 0.2) is 11.6 Å². The molecule has 6 heteroatoms. The van der Waals surface area contributed by atoms with Crippen LogP contribution in [0.25, 0.3) is 11.1 Å². The van der Waals surface area contributed by atoms with Crippen molar-refractivity contribution in [3.63, 3.8) is 0 Å². The zero-order chi connectivity index (χ0) is 24.5. The van der Waals surface area contributed by atoms with Crippen LogP contribution in [0.3, 0.4) is 0 Å². The summed E-state index contributed by atoms with van der Waals surface area (Å²) < 4.78 is 45.5. The van der Waals surface area contributed by atoms with Gasteiger partial charge in [0.2, 0.25) is 0 Å². The number of halogens is 2. The van der Waals surface area contributed by atoms with Crippen LogP contribution in [0.2, 0.25) is 0 Å². The third-order valence-corrected chi connectivity index (χ3v) is 5.41. The molecule has 3 rings (SSSR count). The van der Waals surface area contributed by atoms with E-state index in [9.17, 15) is 13.6 Å². The van der Waals surface area contributed by atoms with E-state index < -0.39 is 23.2 Å². The van der Waals surface area contributed by atoms with Crippen molar-refractivity contribution >= 4 is 5.97 Å². The largest absolute Gasteiger partial charge is 0.488 e. The first-order valence-corrected chi connectivity index (χ1v) is 11.5. The molecule has 0 fully saturated rings. The van der Waals surface area contributed by atoms with Gasteiger partial charge in [0, 0.05) is 12.7 Å². The maximum Gasteiger partial charge on any atom is 0.346 e. The maximum absolute atomic E-state index is 14.8. The van der Waals surface area contributed by atoms with E-state index in [4.69, 9.17) is 14.2 Å². The van der Waals surface area contributed by atoms with Crippen molar-refractivity contribution in [2.45, 2.75) is 45.6 Å². The van der Waals surface area contributed by atoms with Crippen molar-refractivity contribution in [1.82, 2.24) is 0 Å². The van der Waals surface area contributed by atoms with E-state index in [0.717, 1.165) is 31.2 Å². The molecule has 0 bridgehead atoms. The predicted molar refractivity (Wildman–Crippen MR) is 128 cm³/mol. The van der Waals surface area contributed by atoms with Crippen LogP contribution in [0, 0.1) is 11.6 Å². The number of aryl methyl sites for hydroxylation is 1. The minimum Gasteiger partial charge on any atom is -0.488 e. The maximum atomic E-state index is 14.8. The lowest BCUT2D eigenvalue weighted by Gasteiger charge is -2.14. The van der Waals surface area contributed by atoms with E-state index in [2.05, 4.69) is 6.92 Å². The highest BCUT2D eigenvalue weighted by Crippen LogP contribution is 2.28. The first-order valence-electron chi connectivity index (χ1n) is 11.5. The van der Waals surface area contributed by atoms with Crippen LogP contribution in [0.1, 0.15) is 49.0 Å². The Labute approximate surface area is 199 Å². The third kappa shape index (κ3) is 6.64. The number of hydrogen-bond donors (Lipinski definition) is 0. The summed E-state index contributed by atoms with van der Waals surface area (Å²) in [5, 5.41) is 0. The van der Waals surface area contributed by atoms with Gasteiger partial charge < -0.3 is 14.2 Å². The molecule has 0 heterocycles. The minimum atomic E-state index is -1.23. The van der Waals surface area contributed by atoms with Crippen molar-refractivity contribution in [1.29, 1.82) is 0 Å². The molecule has 0 saturated heterocycles. The third-order valence-electron chi connectivity index (χ3n) is 5.41. The van der Waals surface area contributed by atoms with Crippen molar-refractivity contribution in [3.05, 3.63) is 83.4 Å². The quantitative estimate of drug-likeness (QED) is 0.173. The monoisotopic (exact) mass is 468 g/mol. The Morgan fingerprint density at radius 2 is 1.56 bits per heavy atom. The highest BCUT2D eigenvalue weighted by molar-refractivity contribution is 5.92. The van der Waals surface area contributed by atoms with Gasteiger partial charge in [-0.2, -0.15) is 0 Å². The first kappa shape index (κ1) is 25.4. The Hall–Kier alpha value is -3.25. The summed E-state index contributed by atoms with van der Waals surface area (Å²) >= 11 is 0. The highest BCUT2D eigenvalue weighted by atomic mass is 19.2. The summed E-state index contributed by atoms with van der Waals surface area (Å²) in [4.78, 5) is 12.5. The van der Waals surface area contributed by atoms with Gasteiger partial charge in [-0.05, 0) is 61.2 Å². The van der Waals surface area contributed by atoms with Crippen molar-refractivity contribution < 1.29 is 27.8 Å². The Kier molecular flexibility index (Phi) is 9.16. The summed E-state index contributed by atoms with van der Waals surface area (Å²) in [6, 6.07) is 16.3. The zero-order valence-electron chi connectivity index (χ0n) is 19.8. The molecular formula is C28H30F2O4. The fourth-order valence-electron chi connectivity index (χ4n) is 3.61. The molecule has 3 aromatic rings. The number of carbonyl (C=O) groups is 1. The number of carbonyl (C=O) groups excluding carboxylic acids is 1. The second-order valence-electron chi connectivity index (χ2n) is 8.19. The number of ether oxygens (including phenoxy) is 3. The Morgan fingerprint density at radius 3 is 2.21 bits per heavy atom. The number of methoxy groups -OCH3 is 1. The molecule has 0 N–H and O–H groups in total. The number of rotatable bonds is 11. The molecule has 0 unspecified atom stereocenters. The van der Waals surface area contributed by atoms with Gasteiger partial charge in [-0.15, -0.1) is 0 Å². The molecule has 180 valence electrons. The highest BCUT2D eigenvalue weighted by Gasteiger charge is 2.21. The van der Waals surface area contributed by atoms with E-state index >= 15 is 0 Å². The molecule has 0 amide bonds. The lowest BCUT2D eigenvalue weighted by Crippen LogP contribution is -2.17. The standard InChI is InChI=1S/C28H30F2O4/c1-4-5-6-7-20-8-10-21(11-9-20)24-16-17-25(27(30)26(24)29)28(31)34-23-14-12-22(13-15-23)33-19(2)18-32-3/h8-17,19H,4-7,18H2,1-3H3/t19-/m0/s1. The van der Waals surface area contributed by atoms with Crippen LogP contribution in [0.15, 0.2) is 60.7 Å². The molecule has 0 saturated carbocycles. The lowest BCUT2D eigenvalue weighted by molar-refractivity contribution is 0.0727. The van der Waals surface area contributed by atoms with E-state index in [-0.39, 0.29) is 17.4 Å². The van der Waals surface area contributed by atoms with Crippen LogP contribution in [0.5, 0.6) is 11.5 Å². The fourth-order valence-corrected chi connectivity index (χ4v) is 3.61. The van der Waals surface area contributed by atoms with Gasteiger partial charge in [0.05, 0.1) is 12.2 Å². The number of esters is 1.